The van der Waals surface area contributed by atoms with Gasteiger partial charge >= 0.3 is 0 Å². The van der Waals surface area contributed by atoms with Gasteiger partial charge in [-0.3, -0.25) is 4.21 Å². The van der Waals surface area contributed by atoms with Gasteiger partial charge in [-0.15, -0.1) is 0 Å². The molecule has 0 aromatic rings. The van der Waals surface area contributed by atoms with Crippen LogP contribution < -0.4 is 5.11 Å². The average Bonchev–Trinajstić information content (AvgIpc) is 1.63. The standard InChI is InChI=1S/C4H8O4S/c1-3(4(5)6)2-9(7)8/h3H,2H2,1H3,(H,5,6)(H,7,8)/p-2/t3-/m0/s1. The molecule has 0 aromatic carbocycles. The molecule has 0 bridgehead atoms. The lowest BCUT2D eigenvalue weighted by Gasteiger charge is -2.13. The van der Waals surface area contributed by atoms with Crippen molar-refractivity contribution in [1.82, 2.24) is 0 Å². The van der Waals surface area contributed by atoms with Crippen molar-refractivity contribution < 1.29 is 18.7 Å². The van der Waals surface area contributed by atoms with Gasteiger partial charge in [-0.2, -0.15) is 0 Å². The molecule has 9 heavy (non-hydrogen) atoms. The quantitative estimate of drug-likeness (QED) is 0.447. The number of rotatable bonds is 3. The lowest BCUT2D eigenvalue weighted by Crippen LogP contribution is -2.32. The highest BCUT2D eigenvalue weighted by molar-refractivity contribution is 7.79. The third-order valence-corrected chi connectivity index (χ3v) is 1.56. The molecule has 0 fully saturated rings. The van der Waals surface area contributed by atoms with E-state index in [-0.39, 0.29) is 5.75 Å². The third kappa shape index (κ3) is 4.11. The lowest BCUT2D eigenvalue weighted by molar-refractivity contribution is -0.310. The number of carboxylic acids is 1. The molecule has 0 heterocycles. The van der Waals surface area contributed by atoms with E-state index in [1.165, 1.54) is 6.92 Å². The first-order valence-corrected chi connectivity index (χ1v) is 3.55. The highest BCUT2D eigenvalue weighted by Crippen LogP contribution is 1.92. The van der Waals surface area contributed by atoms with Gasteiger partial charge < -0.3 is 14.5 Å². The maximum absolute atomic E-state index is 9.85. The first-order chi connectivity index (χ1) is 4.04. The fraction of sp³-hybridized carbons (Fsp3) is 0.750. The van der Waals surface area contributed by atoms with Gasteiger partial charge in [-0.1, -0.05) is 18.0 Å². The minimum absolute atomic E-state index is 0.373. The first-order valence-electron chi connectivity index (χ1n) is 2.30. The fourth-order valence-corrected chi connectivity index (χ4v) is 0.816. The topological polar surface area (TPSA) is 80.3 Å². The molecule has 0 aliphatic heterocycles. The molecule has 0 aromatic heterocycles. The minimum Gasteiger partial charge on any atom is -0.772 e. The Bertz CT molecular complexity index is 133. The van der Waals surface area contributed by atoms with Crippen molar-refractivity contribution in [3.05, 3.63) is 0 Å². The molecule has 0 saturated heterocycles. The van der Waals surface area contributed by atoms with E-state index in [2.05, 4.69) is 0 Å². The van der Waals surface area contributed by atoms with Crippen LogP contribution in [0.15, 0.2) is 0 Å². The van der Waals surface area contributed by atoms with Crippen LogP contribution in [-0.2, 0) is 15.9 Å². The van der Waals surface area contributed by atoms with Gasteiger partial charge in [0.2, 0.25) is 0 Å². The van der Waals surface area contributed by atoms with Gasteiger partial charge in [0, 0.05) is 17.6 Å². The van der Waals surface area contributed by atoms with Crippen LogP contribution in [0, 0.1) is 5.92 Å². The molecule has 0 rings (SSSR count). The molecule has 5 heteroatoms. The zero-order valence-electron chi connectivity index (χ0n) is 4.83. The Morgan fingerprint density at radius 3 is 2.33 bits per heavy atom. The Kier molecular flexibility index (Phi) is 3.41. The maximum atomic E-state index is 9.85. The van der Waals surface area contributed by atoms with Crippen LogP contribution >= 0.6 is 0 Å². The molecule has 0 spiro atoms. The molecule has 0 amide bonds. The second-order valence-electron chi connectivity index (χ2n) is 1.69. The molecule has 0 radical (unpaired) electrons. The Morgan fingerprint density at radius 2 is 2.22 bits per heavy atom. The molecule has 1 unspecified atom stereocenters. The van der Waals surface area contributed by atoms with Crippen molar-refractivity contribution in [3.63, 3.8) is 0 Å². The number of carbonyl (C=O) groups excluding carboxylic acids is 1. The van der Waals surface area contributed by atoms with Crippen molar-refractivity contribution in [2.24, 2.45) is 5.92 Å². The molecule has 54 valence electrons. The zero-order valence-corrected chi connectivity index (χ0v) is 5.64. The van der Waals surface area contributed by atoms with E-state index in [1.54, 1.807) is 0 Å². The lowest BCUT2D eigenvalue weighted by atomic mass is 10.2. The van der Waals surface area contributed by atoms with Crippen LogP contribution in [0.1, 0.15) is 6.92 Å². The van der Waals surface area contributed by atoms with Crippen molar-refractivity contribution >= 4 is 17.0 Å². The van der Waals surface area contributed by atoms with Gasteiger partial charge in [0.1, 0.15) is 0 Å². The highest BCUT2D eigenvalue weighted by atomic mass is 32.2. The van der Waals surface area contributed by atoms with E-state index in [4.69, 9.17) is 0 Å². The molecule has 0 N–H and O–H groups in total. The average molecular weight is 150 g/mol. The second-order valence-corrected chi connectivity index (χ2v) is 2.63. The number of aliphatic carboxylic acids is 1. The van der Waals surface area contributed by atoms with Crippen molar-refractivity contribution in [3.8, 4) is 0 Å². The van der Waals surface area contributed by atoms with Crippen LogP contribution in [0.4, 0.5) is 0 Å². The Hall–Kier alpha value is -0.420. The number of hydrogen-bond donors (Lipinski definition) is 0. The summed E-state index contributed by atoms with van der Waals surface area (Å²) in [5, 5.41) is 9.85. The van der Waals surface area contributed by atoms with Gasteiger partial charge in [-0.05, 0) is 0 Å². The number of hydrogen-bond acceptors (Lipinski definition) is 4. The van der Waals surface area contributed by atoms with Crippen molar-refractivity contribution in [1.29, 1.82) is 0 Å². The summed E-state index contributed by atoms with van der Waals surface area (Å²) < 4.78 is 19.6. The fourth-order valence-electron chi connectivity index (χ4n) is 0.272. The second kappa shape index (κ2) is 3.58. The minimum atomic E-state index is -2.29. The summed E-state index contributed by atoms with van der Waals surface area (Å²) in [6.45, 7) is 1.28. The van der Waals surface area contributed by atoms with Gasteiger partial charge in [0.25, 0.3) is 0 Å². The molecular weight excluding hydrogens is 144 g/mol. The van der Waals surface area contributed by atoms with Crippen LogP contribution in [0.2, 0.25) is 0 Å². The van der Waals surface area contributed by atoms with E-state index < -0.39 is 23.0 Å². The van der Waals surface area contributed by atoms with E-state index in [0.717, 1.165) is 0 Å². The maximum Gasteiger partial charge on any atom is 0.0451 e. The van der Waals surface area contributed by atoms with Crippen molar-refractivity contribution in [2.45, 2.75) is 6.92 Å². The summed E-state index contributed by atoms with van der Waals surface area (Å²) >= 11 is -2.29. The van der Waals surface area contributed by atoms with Gasteiger partial charge in [0.05, 0.1) is 0 Å². The monoisotopic (exact) mass is 150 g/mol. The summed E-state index contributed by atoms with van der Waals surface area (Å²) in [6.07, 6.45) is 0. The molecule has 0 aliphatic rings. The number of carboxylic acid groups (broad SMARTS) is 1. The van der Waals surface area contributed by atoms with Gasteiger partial charge in [-0.25, -0.2) is 0 Å². The summed E-state index contributed by atoms with van der Waals surface area (Å²) in [6, 6.07) is 0. The predicted octanol–water partition coefficient (Wildman–Crippen LogP) is -1.75. The number of carbonyl (C=O) groups is 1. The van der Waals surface area contributed by atoms with Crippen molar-refractivity contribution in [2.75, 3.05) is 5.75 Å². The van der Waals surface area contributed by atoms with E-state index >= 15 is 0 Å². The zero-order chi connectivity index (χ0) is 7.44. The van der Waals surface area contributed by atoms with Crippen LogP contribution in [-0.4, -0.2) is 20.5 Å². The molecule has 0 aliphatic carbocycles. The summed E-state index contributed by atoms with van der Waals surface area (Å²) in [5.41, 5.74) is 0. The van der Waals surface area contributed by atoms with E-state index in [0.29, 0.717) is 0 Å². The third-order valence-electron chi connectivity index (χ3n) is 0.788. The Morgan fingerprint density at radius 1 is 1.78 bits per heavy atom. The summed E-state index contributed by atoms with van der Waals surface area (Å²) in [4.78, 5) is 9.85. The van der Waals surface area contributed by atoms with Crippen LogP contribution in [0.25, 0.3) is 0 Å². The smallest absolute Gasteiger partial charge is 0.0451 e. The molecular formula is C4H6O4S-2. The molecule has 2 atom stereocenters. The Labute approximate surface area is 55.2 Å². The predicted molar refractivity (Wildman–Crippen MR) is 28.0 cm³/mol. The molecule has 0 saturated carbocycles. The largest absolute Gasteiger partial charge is 0.772 e. The van der Waals surface area contributed by atoms with Crippen LogP contribution in [0.3, 0.4) is 0 Å². The first kappa shape index (κ1) is 8.58. The van der Waals surface area contributed by atoms with E-state index in [9.17, 15) is 18.7 Å². The van der Waals surface area contributed by atoms with Gasteiger partial charge in [0.15, 0.2) is 0 Å². The molecule has 4 nitrogen and oxygen atoms in total. The summed E-state index contributed by atoms with van der Waals surface area (Å²) in [5.74, 6) is -2.62. The highest BCUT2D eigenvalue weighted by Gasteiger charge is 2.00. The summed E-state index contributed by atoms with van der Waals surface area (Å²) in [7, 11) is 0. The normalized spacial score (nSPS) is 16.7. The Balaban J connectivity index is 3.63. The van der Waals surface area contributed by atoms with Crippen LogP contribution in [0.5, 0.6) is 0 Å². The SMILES string of the molecule is C[C@@H](CS(=O)[O-])C(=O)[O-]. The van der Waals surface area contributed by atoms with E-state index in [1.807, 2.05) is 0 Å².